The summed E-state index contributed by atoms with van der Waals surface area (Å²) in [5.74, 6) is 0.859. The maximum Gasteiger partial charge on any atom is 0.209 e. The van der Waals surface area contributed by atoms with Crippen molar-refractivity contribution in [1.29, 1.82) is 0 Å². The van der Waals surface area contributed by atoms with Crippen molar-refractivity contribution >= 4 is 22.7 Å². The number of allylic oxidation sites excluding steroid dienone is 1. The van der Waals surface area contributed by atoms with Gasteiger partial charge in [-0.1, -0.05) is 42.0 Å². The number of anilines is 1. The summed E-state index contributed by atoms with van der Waals surface area (Å²) in [4.78, 5) is 9.07. The van der Waals surface area contributed by atoms with Crippen LogP contribution >= 0.6 is 0 Å². The molecular formula is C22H18N4. The van der Waals surface area contributed by atoms with Gasteiger partial charge in [0, 0.05) is 23.7 Å². The third-order valence-electron chi connectivity index (χ3n) is 4.84. The minimum Gasteiger partial charge on any atom is -0.325 e. The van der Waals surface area contributed by atoms with E-state index in [9.17, 15) is 0 Å². The number of pyridine rings is 1. The zero-order chi connectivity index (χ0) is 17.5. The molecule has 0 spiro atoms. The average molecular weight is 338 g/mol. The van der Waals surface area contributed by atoms with Crippen LogP contribution in [-0.4, -0.2) is 14.5 Å². The molecule has 4 aromatic rings. The van der Waals surface area contributed by atoms with Crippen LogP contribution in [0.25, 0.3) is 16.7 Å². The number of aryl methyl sites for hydroxylation is 1. The molecule has 1 aliphatic rings. The highest BCUT2D eigenvalue weighted by molar-refractivity contribution is 5.85. The van der Waals surface area contributed by atoms with E-state index in [1.807, 2.05) is 18.3 Å². The second kappa shape index (κ2) is 5.85. The van der Waals surface area contributed by atoms with Gasteiger partial charge in [0.05, 0.1) is 17.1 Å². The monoisotopic (exact) mass is 338 g/mol. The minimum absolute atomic E-state index is 0.0782. The minimum atomic E-state index is 0.0782. The van der Waals surface area contributed by atoms with Crippen LogP contribution in [-0.2, 0) is 0 Å². The van der Waals surface area contributed by atoms with E-state index in [2.05, 4.69) is 76.4 Å². The Balaban J connectivity index is 1.73. The molecule has 26 heavy (non-hydrogen) atoms. The van der Waals surface area contributed by atoms with Crippen LogP contribution < -0.4 is 5.32 Å². The van der Waals surface area contributed by atoms with E-state index in [4.69, 9.17) is 4.98 Å². The van der Waals surface area contributed by atoms with Crippen LogP contribution in [0, 0.1) is 6.92 Å². The van der Waals surface area contributed by atoms with Crippen LogP contribution in [0.15, 0.2) is 79.1 Å². The van der Waals surface area contributed by atoms with E-state index >= 15 is 0 Å². The topological polar surface area (TPSA) is 42.7 Å². The summed E-state index contributed by atoms with van der Waals surface area (Å²) in [6.07, 6.45) is 5.92. The molecule has 5 rings (SSSR count). The molecule has 0 saturated heterocycles. The fourth-order valence-electron chi connectivity index (χ4n) is 3.51. The van der Waals surface area contributed by atoms with Gasteiger partial charge >= 0.3 is 0 Å². The van der Waals surface area contributed by atoms with Crippen LogP contribution in [0.3, 0.4) is 0 Å². The van der Waals surface area contributed by atoms with E-state index < -0.39 is 0 Å². The Kier molecular flexibility index (Phi) is 3.35. The molecule has 4 nitrogen and oxygen atoms in total. The molecule has 0 bridgehead atoms. The van der Waals surface area contributed by atoms with Gasteiger partial charge in [0.15, 0.2) is 0 Å². The molecular weight excluding hydrogens is 320 g/mol. The maximum atomic E-state index is 4.81. The molecule has 1 aliphatic heterocycles. The van der Waals surface area contributed by atoms with Crippen molar-refractivity contribution in [2.75, 3.05) is 5.32 Å². The Hall–Kier alpha value is -3.40. The van der Waals surface area contributed by atoms with Gasteiger partial charge < -0.3 is 5.32 Å². The fourth-order valence-corrected chi connectivity index (χ4v) is 3.51. The summed E-state index contributed by atoms with van der Waals surface area (Å²) in [5, 5.41) is 3.49. The van der Waals surface area contributed by atoms with Gasteiger partial charge in [0.2, 0.25) is 5.95 Å². The van der Waals surface area contributed by atoms with E-state index in [0.717, 1.165) is 28.2 Å². The molecule has 0 saturated carbocycles. The smallest absolute Gasteiger partial charge is 0.209 e. The second-order valence-electron chi connectivity index (χ2n) is 6.60. The van der Waals surface area contributed by atoms with Crippen molar-refractivity contribution in [2.24, 2.45) is 0 Å². The Morgan fingerprint density at radius 1 is 0.962 bits per heavy atom. The Morgan fingerprint density at radius 3 is 2.62 bits per heavy atom. The van der Waals surface area contributed by atoms with Gasteiger partial charge in [0.25, 0.3) is 0 Å². The second-order valence-corrected chi connectivity index (χ2v) is 6.60. The molecule has 126 valence electrons. The largest absolute Gasteiger partial charge is 0.325 e. The predicted octanol–water partition coefficient (Wildman–Crippen LogP) is 4.80. The summed E-state index contributed by atoms with van der Waals surface area (Å²) in [6.45, 7) is 2.11. The molecule has 1 N–H and O–H groups in total. The molecule has 1 atom stereocenters. The number of rotatable bonds is 2. The van der Waals surface area contributed by atoms with Gasteiger partial charge in [-0.25, -0.2) is 4.98 Å². The van der Waals surface area contributed by atoms with E-state index in [-0.39, 0.29) is 6.04 Å². The van der Waals surface area contributed by atoms with Crippen LogP contribution in [0.1, 0.15) is 22.7 Å². The van der Waals surface area contributed by atoms with Crippen LogP contribution in [0.5, 0.6) is 0 Å². The first-order valence-electron chi connectivity index (χ1n) is 8.72. The summed E-state index contributed by atoms with van der Waals surface area (Å²) >= 11 is 0. The van der Waals surface area contributed by atoms with Gasteiger partial charge in [0.1, 0.15) is 0 Å². The fraction of sp³-hybridized carbons (Fsp3) is 0.0909. The predicted molar refractivity (Wildman–Crippen MR) is 105 cm³/mol. The molecule has 0 radical (unpaired) electrons. The molecule has 4 heteroatoms. The lowest BCUT2D eigenvalue weighted by atomic mass is 10.0. The standard InChI is InChI=1S/C22H18N4/c1-15-8-10-16(11-9-15)21-13-19(17-5-4-12-23-14-17)25-22-24-18-6-2-3-7-20(18)26(21)22/h2-14,21H,1H3,(H,24,25)/t21-/m1/s1. The third kappa shape index (κ3) is 2.39. The van der Waals surface area contributed by atoms with Gasteiger partial charge in [-0.05, 0) is 42.8 Å². The molecule has 3 heterocycles. The van der Waals surface area contributed by atoms with E-state index in [1.54, 1.807) is 6.20 Å². The highest BCUT2D eigenvalue weighted by atomic mass is 15.2. The Labute approximate surface area is 151 Å². The van der Waals surface area contributed by atoms with Crippen molar-refractivity contribution in [3.8, 4) is 0 Å². The third-order valence-corrected chi connectivity index (χ3v) is 4.84. The zero-order valence-corrected chi connectivity index (χ0v) is 14.4. The van der Waals surface area contributed by atoms with Crippen LogP contribution in [0.4, 0.5) is 5.95 Å². The normalized spacial score (nSPS) is 16.0. The Bertz CT molecular complexity index is 1110. The number of nitrogens with zero attached hydrogens (tertiary/aromatic N) is 3. The van der Waals surface area contributed by atoms with Crippen molar-refractivity contribution in [3.05, 3.63) is 95.8 Å². The average Bonchev–Trinajstić information content (AvgIpc) is 3.07. The van der Waals surface area contributed by atoms with Crippen molar-refractivity contribution in [2.45, 2.75) is 13.0 Å². The van der Waals surface area contributed by atoms with Gasteiger partial charge in [-0.15, -0.1) is 0 Å². The maximum absolute atomic E-state index is 4.81. The lowest BCUT2D eigenvalue weighted by Crippen LogP contribution is -2.19. The molecule has 0 amide bonds. The molecule has 0 aliphatic carbocycles. The van der Waals surface area contributed by atoms with Crippen molar-refractivity contribution in [1.82, 2.24) is 14.5 Å². The van der Waals surface area contributed by atoms with Crippen LogP contribution in [0.2, 0.25) is 0 Å². The van der Waals surface area contributed by atoms with Gasteiger partial charge in [-0.3, -0.25) is 9.55 Å². The Morgan fingerprint density at radius 2 is 1.81 bits per heavy atom. The molecule has 2 aromatic heterocycles. The number of hydrogen-bond acceptors (Lipinski definition) is 3. The summed E-state index contributed by atoms with van der Waals surface area (Å²) in [6, 6.07) is 21.1. The van der Waals surface area contributed by atoms with Gasteiger partial charge in [-0.2, -0.15) is 0 Å². The van der Waals surface area contributed by atoms with Crippen molar-refractivity contribution < 1.29 is 0 Å². The first-order valence-corrected chi connectivity index (χ1v) is 8.72. The SMILES string of the molecule is Cc1ccc([C@H]2C=C(c3cccnc3)Nc3nc4ccccc4n32)cc1. The highest BCUT2D eigenvalue weighted by Gasteiger charge is 2.25. The number of fused-ring (bicyclic) bond motifs is 3. The first-order chi connectivity index (χ1) is 12.8. The molecule has 0 fully saturated rings. The van der Waals surface area contributed by atoms with E-state index in [0.29, 0.717) is 0 Å². The number of benzene rings is 2. The quantitative estimate of drug-likeness (QED) is 0.571. The summed E-state index contributed by atoms with van der Waals surface area (Å²) < 4.78 is 2.26. The number of imidazole rings is 1. The molecule has 2 aromatic carbocycles. The lowest BCUT2D eigenvalue weighted by Gasteiger charge is -2.26. The number of hydrogen-bond donors (Lipinski definition) is 1. The summed E-state index contributed by atoms with van der Waals surface area (Å²) in [5.41, 5.74) is 6.71. The van der Waals surface area contributed by atoms with Crippen molar-refractivity contribution in [3.63, 3.8) is 0 Å². The number of para-hydroxylation sites is 2. The number of nitrogens with one attached hydrogen (secondary N) is 1. The number of aromatic nitrogens is 3. The first kappa shape index (κ1) is 14.9. The lowest BCUT2D eigenvalue weighted by molar-refractivity contribution is 0.720. The molecule has 0 unspecified atom stereocenters. The summed E-state index contributed by atoms with van der Waals surface area (Å²) in [7, 11) is 0. The highest BCUT2D eigenvalue weighted by Crippen LogP contribution is 2.36. The zero-order valence-electron chi connectivity index (χ0n) is 14.4. The van der Waals surface area contributed by atoms with E-state index in [1.165, 1.54) is 11.1 Å².